The molecule has 1 fully saturated rings. The van der Waals surface area contributed by atoms with Gasteiger partial charge in [0.05, 0.1) is 6.54 Å². The zero-order valence-corrected chi connectivity index (χ0v) is 18.5. The number of carbonyl (C=O) groups is 4. The van der Waals surface area contributed by atoms with E-state index in [-0.39, 0.29) is 30.9 Å². The van der Waals surface area contributed by atoms with E-state index in [4.69, 9.17) is 11.6 Å². The van der Waals surface area contributed by atoms with Gasteiger partial charge in [0.25, 0.3) is 5.91 Å². The molecule has 1 atom stereocenters. The minimum Gasteiger partial charge on any atom is -0.356 e. The fourth-order valence-corrected chi connectivity index (χ4v) is 3.80. The van der Waals surface area contributed by atoms with Crippen molar-refractivity contribution in [2.24, 2.45) is 0 Å². The number of rotatable bonds is 8. The van der Waals surface area contributed by atoms with Gasteiger partial charge in [-0.05, 0) is 42.2 Å². The number of halogens is 2. The zero-order chi connectivity index (χ0) is 23.5. The quantitative estimate of drug-likeness (QED) is 0.468. The highest BCUT2D eigenvalue weighted by Crippen LogP contribution is 2.33. The second-order valence-electron chi connectivity index (χ2n) is 7.55. The molecule has 0 aromatic heterocycles. The monoisotopic (exact) mass is 459 g/mol. The summed E-state index contributed by atoms with van der Waals surface area (Å²) < 4.78 is 14.4. The van der Waals surface area contributed by atoms with Crippen molar-refractivity contribution >= 4 is 35.2 Å². The standard InChI is InChI=1S/C23H23ClFN3O4/c1-3-23(17-6-8-18(24)9-7-17)21(31)28(22(32)27-23)13-20(30)16-5-4-15(19(25)12-16)10-11-26-14(2)29/h4-9,12H,3,10-11,13H2,1-2H3,(H,26,29)(H,27,32). The van der Waals surface area contributed by atoms with E-state index in [0.717, 1.165) is 11.0 Å². The van der Waals surface area contributed by atoms with Crippen LogP contribution in [0.15, 0.2) is 42.5 Å². The van der Waals surface area contributed by atoms with Crippen molar-refractivity contribution in [3.8, 4) is 0 Å². The second kappa shape index (κ2) is 9.48. The lowest BCUT2D eigenvalue weighted by atomic mass is 9.87. The molecule has 2 N–H and O–H groups in total. The normalized spacial score (nSPS) is 17.9. The Bertz CT molecular complexity index is 1070. The molecule has 1 aliphatic rings. The summed E-state index contributed by atoms with van der Waals surface area (Å²) in [6.07, 6.45) is 0.550. The summed E-state index contributed by atoms with van der Waals surface area (Å²) in [4.78, 5) is 50.2. The van der Waals surface area contributed by atoms with Gasteiger partial charge >= 0.3 is 6.03 Å². The summed E-state index contributed by atoms with van der Waals surface area (Å²) in [5, 5.41) is 5.77. The number of hydrogen-bond donors (Lipinski definition) is 2. The Hall–Kier alpha value is -3.26. The lowest BCUT2D eigenvalue weighted by Crippen LogP contribution is -2.43. The summed E-state index contributed by atoms with van der Waals surface area (Å²) >= 11 is 5.93. The number of Topliss-reactive ketones (excluding diaryl/α,β-unsaturated/α-hetero) is 1. The van der Waals surface area contributed by atoms with Crippen LogP contribution in [-0.4, -0.2) is 41.6 Å². The first kappa shape index (κ1) is 23.4. The van der Waals surface area contributed by atoms with Gasteiger partial charge in [-0.3, -0.25) is 19.3 Å². The summed E-state index contributed by atoms with van der Waals surface area (Å²) in [5.41, 5.74) is -0.335. The van der Waals surface area contributed by atoms with Gasteiger partial charge in [0.2, 0.25) is 5.91 Å². The zero-order valence-electron chi connectivity index (χ0n) is 17.7. The Morgan fingerprint density at radius 1 is 1.16 bits per heavy atom. The maximum atomic E-state index is 14.4. The number of nitrogens with zero attached hydrogens (tertiary/aromatic N) is 1. The third-order valence-electron chi connectivity index (χ3n) is 5.49. The molecule has 2 aromatic carbocycles. The van der Waals surface area contributed by atoms with Crippen molar-refractivity contribution in [1.29, 1.82) is 0 Å². The van der Waals surface area contributed by atoms with Crippen LogP contribution in [-0.2, 0) is 21.5 Å². The maximum absolute atomic E-state index is 14.4. The van der Waals surface area contributed by atoms with Crippen LogP contribution in [0.3, 0.4) is 0 Å². The average Bonchev–Trinajstić information content (AvgIpc) is 3.00. The molecule has 32 heavy (non-hydrogen) atoms. The second-order valence-corrected chi connectivity index (χ2v) is 7.99. The number of nitrogens with one attached hydrogen (secondary N) is 2. The number of carbonyl (C=O) groups excluding carboxylic acids is 4. The van der Waals surface area contributed by atoms with E-state index in [9.17, 15) is 23.6 Å². The van der Waals surface area contributed by atoms with E-state index >= 15 is 0 Å². The SMILES string of the molecule is CCC1(c2ccc(Cl)cc2)NC(=O)N(CC(=O)c2ccc(CCNC(C)=O)c(F)c2)C1=O. The van der Waals surface area contributed by atoms with E-state index in [1.54, 1.807) is 31.2 Å². The molecular formula is C23H23ClFN3O4. The molecule has 0 aliphatic carbocycles. The fraction of sp³-hybridized carbons (Fsp3) is 0.304. The molecule has 1 saturated heterocycles. The molecule has 0 radical (unpaired) electrons. The van der Waals surface area contributed by atoms with Gasteiger partial charge in [-0.25, -0.2) is 9.18 Å². The molecular weight excluding hydrogens is 437 g/mol. The van der Waals surface area contributed by atoms with E-state index in [1.807, 2.05) is 0 Å². The van der Waals surface area contributed by atoms with Crippen LogP contribution in [0.5, 0.6) is 0 Å². The third kappa shape index (κ3) is 4.65. The molecule has 168 valence electrons. The van der Waals surface area contributed by atoms with Gasteiger partial charge < -0.3 is 10.6 Å². The van der Waals surface area contributed by atoms with Crippen LogP contribution in [0.1, 0.15) is 41.8 Å². The maximum Gasteiger partial charge on any atom is 0.325 e. The van der Waals surface area contributed by atoms with Crippen LogP contribution < -0.4 is 10.6 Å². The van der Waals surface area contributed by atoms with Crippen molar-refractivity contribution in [3.63, 3.8) is 0 Å². The summed E-state index contributed by atoms with van der Waals surface area (Å²) in [6.45, 7) is 2.89. The van der Waals surface area contributed by atoms with Crippen LogP contribution in [0.4, 0.5) is 9.18 Å². The first-order valence-electron chi connectivity index (χ1n) is 10.1. The van der Waals surface area contributed by atoms with E-state index in [2.05, 4.69) is 10.6 Å². The lowest BCUT2D eigenvalue weighted by Gasteiger charge is -2.25. The largest absolute Gasteiger partial charge is 0.356 e. The molecule has 0 saturated carbocycles. The smallest absolute Gasteiger partial charge is 0.325 e. The Kier molecular flexibility index (Phi) is 6.93. The average molecular weight is 460 g/mol. The van der Waals surface area contributed by atoms with Gasteiger partial charge in [0.15, 0.2) is 5.78 Å². The number of hydrogen-bond acceptors (Lipinski definition) is 4. The Balaban J connectivity index is 1.75. The highest BCUT2D eigenvalue weighted by atomic mass is 35.5. The molecule has 0 bridgehead atoms. The minimum absolute atomic E-state index is 0.0480. The Labute approximate surface area is 189 Å². The molecule has 0 spiro atoms. The molecule has 1 heterocycles. The third-order valence-corrected chi connectivity index (χ3v) is 5.74. The molecule has 1 aliphatic heterocycles. The molecule has 2 aromatic rings. The van der Waals surface area contributed by atoms with E-state index < -0.39 is 35.6 Å². The molecule has 9 heteroatoms. The van der Waals surface area contributed by atoms with Crippen molar-refractivity contribution < 1.29 is 23.6 Å². The first-order valence-corrected chi connectivity index (χ1v) is 10.5. The van der Waals surface area contributed by atoms with Crippen LogP contribution in [0.25, 0.3) is 0 Å². The van der Waals surface area contributed by atoms with Gasteiger partial charge in [-0.1, -0.05) is 42.8 Å². The summed E-state index contributed by atoms with van der Waals surface area (Å²) in [7, 11) is 0. The van der Waals surface area contributed by atoms with Crippen LogP contribution in [0, 0.1) is 5.82 Å². The van der Waals surface area contributed by atoms with Crippen LogP contribution in [0.2, 0.25) is 5.02 Å². The number of amides is 4. The van der Waals surface area contributed by atoms with Crippen molar-refractivity contribution in [3.05, 3.63) is 70.0 Å². The van der Waals surface area contributed by atoms with Crippen LogP contribution >= 0.6 is 11.6 Å². The predicted octanol–water partition coefficient (Wildman–Crippen LogP) is 3.20. The van der Waals surface area contributed by atoms with Gasteiger partial charge in [0.1, 0.15) is 11.4 Å². The number of imide groups is 1. The molecule has 7 nitrogen and oxygen atoms in total. The van der Waals surface area contributed by atoms with Crippen molar-refractivity contribution in [2.75, 3.05) is 13.1 Å². The lowest BCUT2D eigenvalue weighted by molar-refractivity contribution is -0.131. The van der Waals surface area contributed by atoms with E-state index in [1.165, 1.54) is 19.1 Å². The fourth-order valence-electron chi connectivity index (χ4n) is 3.68. The van der Waals surface area contributed by atoms with Gasteiger partial charge in [-0.2, -0.15) is 0 Å². The topological polar surface area (TPSA) is 95.6 Å². The highest BCUT2D eigenvalue weighted by Gasteiger charge is 2.51. The molecule has 4 amide bonds. The molecule has 1 unspecified atom stereocenters. The van der Waals surface area contributed by atoms with E-state index in [0.29, 0.717) is 16.1 Å². The Morgan fingerprint density at radius 3 is 2.44 bits per heavy atom. The van der Waals surface area contributed by atoms with Gasteiger partial charge in [0, 0.05) is 24.1 Å². The highest BCUT2D eigenvalue weighted by molar-refractivity contribution is 6.30. The van der Waals surface area contributed by atoms with Crippen molar-refractivity contribution in [2.45, 2.75) is 32.2 Å². The van der Waals surface area contributed by atoms with Crippen molar-refractivity contribution in [1.82, 2.24) is 15.5 Å². The van der Waals surface area contributed by atoms with Gasteiger partial charge in [-0.15, -0.1) is 0 Å². The summed E-state index contributed by atoms with van der Waals surface area (Å²) in [6, 6.07) is 9.85. The minimum atomic E-state index is -1.29. The first-order chi connectivity index (χ1) is 15.2. The molecule has 3 rings (SSSR count). The summed E-state index contributed by atoms with van der Waals surface area (Å²) in [5.74, 6) is -1.92. The number of benzene rings is 2. The number of urea groups is 1. The predicted molar refractivity (Wildman–Crippen MR) is 117 cm³/mol. The number of ketones is 1. The Morgan fingerprint density at radius 2 is 1.84 bits per heavy atom.